The molecule has 3 heteroatoms. The topological polar surface area (TPSA) is 39.4 Å². The van der Waals surface area contributed by atoms with Crippen LogP contribution < -0.4 is 0 Å². The molecule has 12 heavy (non-hydrogen) atoms. The average Bonchev–Trinajstić information content (AvgIpc) is 2.56. The highest BCUT2D eigenvalue weighted by Crippen LogP contribution is 2.05. The number of carbonyl (C=O) groups excluding carboxylic acids is 1. The summed E-state index contributed by atoms with van der Waals surface area (Å²) in [5.41, 5.74) is 0.468. The number of ether oxygens (including phenoxy) is 1. The largest absolute Gasteiger partial charge is 0.472 e. The normalized spacial score (nSPS) is 12.5. The van der Waals surface area contributed by atoms with E-state index in [1.807, 2.05) is 13.8 Å². The zero-order valence-corrected chi connectivity index (χ0v) is 7.24. The fourth-order valence-electron chi connectivity index (χ4n) is 0.715. The molecule has 0 saturated heterocycles. The van der Waals surface area contributed by atoms with E-state index in [0.29, 0.717) is 5.56 Å². The summed E-state index contributed by atoms with van der Waals surface area (Å²) in [6, 6.07) is 1.59. The predicted octanol–water partition coefficient (Wildman–Crippen LogP) is 2.23. The van der Waals surface area contributed by atoms with Crippen LogP contribution in [0.2, 0.25) is 0 Å². The third-order valence-electron chi connectivity index (χ3n) is 1.64. The number of hydrogen-bond acceptors (Lipinski definition) is 3. The lowest BCUT2D eigenvalue weighted by Crippen LogP contribution is -2.13. The highest BCUT2D eigenvalue weighted by Gasteiger charge is 2.10. The Balaban J connectivity index is 2.50. The van der Waals surface area contributed by atoms with Crippen LogP contribution in [0.3, 0.4) is 0 Å². The van der Waals surface area contributed by atoms with E-state index < -0.39 is 0 Å². The van der Waals surface area contributed by atoms with Crippen LogP contribution in [0.15, 0.2) is 23.0 Å². The number of carbonyl (C=O) groups is 1. The van der Waals surface area contributed by atoms with Crippen molar-refractivity contribution in [3.63, 3.8) is 0 Å². The average molecular weight is 168 g/mol. The Morgan fingerprint density at radius 2 is 2.50 bits per heavy atom. The Labute approximate surface area is 71.3 Å². The molecule has 66 valence electrons. The molecule has 1 aromatic rings. The van der Waals surface area contributed by atoms with E-state index in [1.165, 1.54) is 12.5 Å². The predicted molar refractivity (Wildman–Crippen MR) is 43.9 cm³/mol. The van der Waals surface area contributed by atoms with E-state index >= 15 is 0 Å². The van der Waals surface area contributed by atoms with Gasteiger partial charge in [0.1, 0.15) is 6.26 Å². The van der Waals surface area contributed by atoms with Gasteiger partial charge in [-0.25, -0.2) is 4.79 Å². The molecule has 1 heterocycles. The summed E-state index contributed by atoms with van der Waals surface area (Å²) in [5.74, 6) is -0.321. The Morgan fingerprint density at radius 3 is 3.00 bits per heavy atom. The number of rotatable bonds is 3. The van der Waals surface area contributed by atoms with Crippen LogP contribution in [0.25, 0.3) is 0 Å². The third-order valence-corrected chi connectivity index (χ3v) is 1.64. The van der Waals surface area contributed by atoms with Gasteiger partial charge in [-0.15, -0.1) is 0 Å². The molecule has 0 saturated carbocycles. The molecule has 1 rings (SSSR count). The first-order chi connectivity index (χ1) is 5.74. The Kier molecular flexibility index (Phi) is 2.91. The highest BCUT2D eigenvalue weighted by atomic mass is 16.5. The van der Waals surface area contributed by atoms with Gasteiger partial charge in [-0.2, -0.15) is 0 Å². The maximum Gasteiger partial charge on any atom is 0.341 e. The smallest absolute Gasteiger partial charge is 0.341 e. The number of furan rings is 1. The summed E-state index contributed by atoms with van der Waals surface area (Å²) in [4.78, 5) is 11.2. The summed E-state index contributed by atoms with van der Waals surface area (Å²) in [6.45, 7) is 3.82. The molecule has 1 aromatic heterocycles. The maximum atomic E-state index is 11.2. The first kappa shape index (κ1) is 8.84. The minimum Gasteiger partial charge on any atom is -0.472 e. The molecule has 0 aliphatic carbocycles. The molecule has 0 aromatic carbocycles. The van der Waals surface area contributed by atoms with E-state index in [2.05, 4.69) is 0 Å². The van der Waals surface area contributed by atoms with Gasteiger partial charge in [0.2, 0.25) is 0 Å². The van der Waals surface area contributed by atoms with Crippen molar-refractivity contribution in [3.8, 4) is 0 Å². The minimum atomic E-state index is -0.321. The van der Waals surface area contributed by atoms with Gasteiger partial charge in [0.05, 0.1) is 17.9 Å². The van der Waals surface area contributed by atoms with Crippen molar-refractivity contribution in [3.05, 3.63) is 24.2 Å². The molecule has 0 N–H and O–H groups in total. The van der Waals surface area contributed by atoms with Gasteiger partial charge < -0.3 is 9.15 Å². The quantitative estimate of drug-likeness (QED) is 0.650. The van der Waals surface area contributed by atoms with Gasteiger partial charge in [0, 0.05) is 0 Å². The Hall–Kier alpha value is -1.25. The second-order valence-electron chi connectivity index (χ2n) is 2.64. The molecule has 0 bridgehead atoms. The van der Waals surface area contributed by atoms with Gasteiger partial charge in [-0.3, -0.25) is 0 Å². The molecule has 1 atom stereocenters. The van der Waals surface area contributed by atoms with Crippen molar-refractivity contribution in [2.75, 3.05) is 0 Å². The van der Waals surface area contributed by atoms with E-state index in [1.54, 1.807) is 6.07 Å². The van der Waals surface area contributed by atoms with Crippen LogP contribution >= 0.6 is 0 Å². The van der Waals surface area contributed by atoms with E-state index in [9.17, 15) is 4.79 Å². The Morgan fingerprint density at radius 1 is 1.75 bits per heavy atom. The van der Waals surface area contributed by atoms with Crippen molar-refractivity contribution in [2.45, 2.75) is 26.4 Å². The zero-order valence-electron chi connectivity index (χ0n) is 7.24. The van der Waals surface area contributed by atoms with Crippen molar-refractivity contribution in [2.24, 2.45) is 0 Å². The van der Waals surface area contributed by atoms with Gasteiger partial charge >= 0.3 is 5.97 Å². The SMILES string of the molecule is CCC(C)OC(=O)c1ccoc1. The van der Waals surface area contributed by atoms with Crippen molar-refractivity contribution in [1.82, 2.24) is 0 Å². The van der Waals surface area contributed by atoms with Crippen LogP contribution in [-0.2, 0) is 4.74 Å². The first-order valence-electron chi connectivity index (χ1n) is 3.97. The van der Waals surface area contributed by atoms with Crippen molar-refractivity contribution >= 4 is 5.97 Å². The molecule has 3 nitrogen and oxygen atoms in total. The molecule has 0 aliphatic heterocycles. The zero-order chi connectivity index (χ0) is 8.97. The summed E-state index contributed by atoms with van der Waals surface area (Å²) in [7, 11) is 0. The van der Waals surface area contributed by atoms with Crippen LogP contribution in [-0.4, -0.2) is 12.1 Å². The van der Waals surface area contributed by atoms with Crippen LogP contribution in [0.5, 0.6) is 0 Å². The lowest BCUT2D eigenvalue weighted by Gasteiger charge is -2.08. The van der Waals surface area contributed by atoms with Gasteiger partial charge in [-0.05, 0) is 19.4 Å². The standard InChI is InChI=1S/C9H12O3/c1-3-7(2)12-9(10)8-4-5-11-6-8/h4-7H,3H2,1-2H3. The maximum absolute atomic E-state index is 11.2. The second kappa shape index (κ2) is 3.95. The lowest BCUT2D eigenvalue weighted by atomic mass is 10.3. The van der Waals surface area contributed by atoms with E-state index in [0.717, 1.165) is 6.42 Å². The minimum absolute atomic E-state index is 0.0348. The number of hydrogen-bond donors (Lipinski definition) is 0. The van der Waals surface area contributed by atoms with Crippen molar-refractivity contribution in [1.29, 1.82) is 0 Å². The Bertz CT molecular complexity index is 238. The number of esters is 1. The highest BCUT2D eigenvalue weighted by molar-refractivity contribution is 5.88. The molecule has 0 fully saturated rings. The molecule has 0 aliphatic rings. The summed E-state index contributed by atoms with van der Waals surface area (Å²) in [5, 5.41) is 0. The molecule has 0 radical (unpaired) electrons. The van der Waals surface area contributed by atoms with Crippen LogP contribution in [0.4, 0.5) is 0 Å². The van der Waals surface area contributed by atoms with Crippen LogP contribution in [0, 0.1) is 0 Å². The monoisotopic (exact) mass is 168 g/mol. The van der Waals surface area contributed by atoms with Gasteiger partial charge in [0.25, 0.3) is 0 Å². The van der Waals surface area contributed by atoms with Gasteiger partial charge in [-0.1, -0.05) is 6.92 Å². The summed E-state index contributed by atoms with van der Waals surface area (Å²) < 4.78 is 9.79. The van der Waals surface area contributed by atoms with Gasteiger partial charge in [0.15, 0.2) is 0 Å². The second-order valence-corrected chi connectivity index (χ2v) is 2.64. The molecule has 0 amide bonds. The fraction of sp³-hybridized carbons (Fsp3) is 0.444. The fourth-order valence-corrected chi connectivity index (χ4v) is 0.715. The molecular formula is C9H12O3. The van der Waals surface area contributed by atoms with E-state index in [4.69, 9.17) is 9.15 Å². The summed E-state index contributed by atoms with van der Waals surface area (Å²) in [6.07, 6.45) is 3.62. The van der Waals surface area contributed by atoms with Crippen LogP contribution in [0.1, 0.15) is 30.6 Å². The molecule has 0 spiro atoms. The lowest BCUT2D eigenvalue weighted by molar-refractivity contribution is 0.0334. The third kappa shape index (κ3) is 2.12. The van der Waals surface area contributed by atoms with Crippen molar-refractivity contribution < 1.29 is 13.9 Å². The first-order valence-corrected chi connectivity index (χ1v) is 3.97. The van der Waals surface area contributed by atoms with E-state index in [-0.39, 0.29) is 12.1 Å². The molecule has 1 unspecified atom stereocenters. The summed E-state index contributed by atoms with van der Waals surface area (Å²) >= 11 is 0. The molecular weight excluding hydrogens is 156 g/mol.